The molecule has 0 saturated heterocycles. The third kappa shape index (κ3) is 2.74. The molecule has 0 radical (unpaired) electrons. The minimum absolute atomic E-state index is 0.0885. The van der Waals surface area contributed by atoms with Gasteiger partial charge in [0.05, 0.1) is 11.6 Å². The van der Waals surface area contributed by atoms with Crippen LogP contribution in [0, 0.1) is 5.92 Å². The molecule has 7 nitrogen and oxygen atoms in total. The highest BCUT2D eigenvalue weighted by Crippen LogP contribution is 2.31. The average molecular weight is 304 g/mol. The van der Waals surface area contributed by atoms with Gasteiger partial charge in [-0.15, -0.1) is 0 Å². The van der Waals surface area contributed by atoms with Crippen LogP contribution in [0.3, 0.4) is 0 Å². The number of para-hydroxylation sites is 2. The van der Waals surface area contributed by atoms with Crippen molar-refractivity contribution < 1.29 is 24.2 Å². The maximum atomic E-state index is 12.1. The van der Waals surface area contributed by atoms with Gasteiger partial charge in [-0.2, -0.15) is 0 Å². The molecule has 0 unspecified atom stereocenters. The number of carboxylic acids is 1. The van der Waals surface area contributed by atoms with Gasteiger partial charge in [0.25, 0.3) is 5.91 Å². The SMILES string of the molecule is O=C(CN1C(=O)COc2ccccc21)NC1CC(C(=O)O)C1. The molecule has 2 N–H and O–H groups in total. The number of rotatable bonds is 4. The molecule has 1 aliphatic heterocycles. The van der Waals surface area contributed by atoms with Crippen LogP contribution in [-0.4, -0.2) is 42.1 Å². The topological polar surface area (TPSA) is 95.9 Å². The van der Waals surface area contributed by atoms with Gasteiger partial charge < -0.3 is 15.2 Å². The van der Waals surface area contributed by atoms with Crippen molar-refractivity contribution in [2.75, 3.05) is 18.1 Å². The highest BCUT2D eigenvalue weighted by atomic mass is 16.5. The second-order valence-corrected chi connectivity index (χ2v) is 5.51. The molecule has 2 amide bonds. The van der Waals surface area contributed by atoms with Gasteiger partial charge >= 0.3 is 5.97 Å². The Labute approximate surface area is 126 Å². The molecule has 1 fully saturated rings. The van der Waals surface area contributed by atoms with Crippen LogP contribution in [0.15, 0.2) is 24.3 Å². The third-order valence-electron chi connectivity index (χ3n) is 3.96. The Morgan fingerprint density at radius 3 is 2.77 bits per heavy atom. The van der Waals surface area contributed by atoms with Crippen molar-refractivity contribution in [3.63, 3.8) is 0 Å². The largest absolute Gasteiger partial charge is 0.482 e. The standard InChI is InChI=1S/C15H16N2O5/c18-13(16-10-5-9(6-10)15(20)21)7-17-11-3-1-2-4-12(11)22-8-14(17)19/h1-4,9-10H,5-8H2,(H,16,18)(H,20,21). The first-order valence-electron chi connectivity index (χ1n) is 7.09. The van der Waals surface area contributed by atoms with E-state index in [1.165, 1.54) is 4.90 Å². The van der Waals surface area contributed by atoms with E-state index in [1.807, 2.05) is 0 Å². The third-order valence-corrected chi connectivity index (χ3v) is 3.96. The number of hydrogen-bond donors (Lipinski definition) is 2. The number of anilines is 1. The van der Waals surface area contributed by atoms with Crippen molar-refractivity contribution in [1.29, 1.82) is 0 Å². The Morgan fingerprint density at radius 2 is 2.05 bits per heavy atom. The zero-order valence-electron chi connectivity index (χ0n) is 11.8. The van der Waals surface area contributed by atoms with E-state index in [0.717, 1.165) is 0 Å². The van der Waals surface area contributed by atoms with Gasteiger partial charge in [-0.05, 0) is 25.0 Å². The second-order valence-electron chi connectivity index (χ2n) is 5.51. The molecular weight excluding hydrogens is 288 g/mol. The number of carbonyl (C=O) groups excluding carboxylic acids is 2. The maximum absolute atomic E-state index is 12.1. The van der Waals surface area contributed by atoms with E-state index < -0.39 is 5.97 Å². The van der Waals surface area contributed by atoms with Gasteiger partial charge in [0, 0.05) is 6.04 Å². The molecule has 0 bridgehead atoms. The van der Waals surface area contributed by atoms with Crippen LogP contribution in [0.1, 0.15) is 12.8 Å². The lowest BCUT2D eigenvalue weighted by molar-refractivity contribution is -0.146. The summed E-state index contributed by atoms with van der Waals surface area (Å²) in [5, 5.41) is 11.6. The molecule has 0 aromatic heterocycles. The molecule has 2 aliphatic rings. The lowest BCUT2D eigenvalue weighted by Gasteiger charge is -2.34. The van der Waals surface area contributed by atoms with Crippen LogP contribution >= 0.6 is 0 Å². The fourth-order valence-corrected chi connectivity index (χ4v) is 2.68. The van der Waals surface area contributed by atoms with Crippen LogP contribution in [0.4, 0.5) is 5.69 Å². The number of nitrogens with one attached hydrogen (secondary N) is 1. The summed E-state index contributed by atoms with van der Waals surface area (Å²) in [4.78, 5) is 36.1. The van der Waals surface area contributed by atoms with Crippen molar-refractivity contribution in [2.24, 2.45) is 5.92 Å². The predicted octanol–water partition coefficient (Wildman–Crippen LogP) is 0.391. The minimum Gasteiger partial charge on any atom is -0.482 e. The van der Waals surface area contributed by atoms with E-state index in [2.05, 4.69) is 5.32 Å². The van der Waals surface area contributed by atoms with Crippen molar-refractivity contribution in [3.05, 3.63) is 24.3 Å². The molecule has 1 saturated carbocycles. The maximum Gasteiger partial charge on any atom is 0.306 e. The van der Waals surface area contributed by atoms with Gasteiger partial charge in [0.15, 0.2) is 6.61 Å². The Morgan fingerprint density at radius 1 is 1.32 bits per heavy atom. The molecule has 1 aromatic carbocycles. The zero-order valence-corrected chi connectivity index (χ0v) is 11.8. The number of benzene rings is 1. The summed E-state index contributed by atoms with van der Waals surface area (Å²) in [6.45, 7) is -0.178. The van der Waals surface area contributed by atoms with Gasteiger partial charge in [-0.1, -0.05) is 12.1 Å². The molecule has 7 heteroatoms. The second kappa shape index (κ2) is 5.67. The van der Waals surface area contributed by atoms with Crippen LogP contribution in [0.2, 0.25) is 0 Å². The van der Waals surface area contributed by atoms with Crippen molar-refractivity contribution in [3.8, 4) is 5.75 Å². The summed E-state index contributed by atoms with van der Waals surface area (Å²) < 4.78 is 5.31. The molecule has 1 aliphatic carbocycles. The number of nitrogens with zero attached hydrogens (tertiary/aromatic N) is 1. The number of aliphatic carboxylic acids is 1. The summed E-state index contributed by atoms with van der Waals surface area (Å²) in [6.07, 6.45) is 0.878. The molecule has 0 atom stereocenters. The van der Waals surface area contributed by atoms with E-state index in [-0.39, 0.29) is 36.9 Å². The predicted molar refractivity (Wildman–Crippen MR) is 76.6 cm³/mol. The van der Waals surface area contributed by atoms with Crippen molar-refractivity contribution in [1.82, 2.24) is 5.32 Å². The highest BCUT2D eigenvalue weighted by molar-refractivity contribution is 6.02. The molecule has 1 aromatic rings. The van der Waals surface area contributed by atoms with Crippen LogP contribution in [-0.2, 0) is 14.4 Å². The Bertz CT molecular complexity index is 624. The zero-order chi connectivity index (χ0) is 15.7. The summed E-state index contributed by atoms with van der Waals surface area (Å²) >= 11 is 0. The first kappa shape index (κ1) is 14.4. The van der Waals surface area contributed by atoms with E-state index in [1.54, 1.807) is 24.3 Å². The summed E-state index contributed by atoms with van der Waals surface area (Å²) in [5.41, 5.74) is 0.575. The lowest BCUT2D eigenvalue weighted by Crippen LogP contribution is -2.51. The van der Waals surface area contributed by atoms with Gasteiger partial charge in [0.2, 0.25) is 5.91 Å². The molecule has 1 heterocycles. The lowest BCUT2D eigenvalue weighted by atomic mass is 9.80. The monoisotopic (exact) mass is 304 g/mol. The van der Waals surface area contributed by atoms with Gasteiger partial charge in [0.1, 0.15) is 12.3 Å². The van der Waals surface area contributed by atoms with Crippen LogP contribution in [0.5, 0.6) is 5.75 Å². The van der Waals surface area contributed by atoms with E-state index >= 15 is 0 Å². The van der Waals surface area contributed by atoms with Crippen molar-refractivity contribution in [2.45, 2.75) is 18.9 Å². The molecule has 22 heavy (non-hydrogen) atoms. The fourth-order valence-electron chi connectivity index (χ4n) is 2.68. The normalized spacial score (nSPS) is 23.1. The van der Waals surface area contributed by atoms with E-state index in [4.69, 9.17) is 9.84 Å². The summed E-state index contributed by atoms with van der Waals surface area (Å²) in [7, 11) is 0. The van der Waals surface area contributed by atoms with E-state index in [0.29, 0.717) is 24.3 Å². The number of carbonyl (C=O) groups is 3. The average Bonchev–Trinajstić information content (AvgIpc) is 2.45. The number of fused-ring (bicyclic) bond motifs is 1. The number of carboxylic acid groups (broad SMARTS) is 1. The Balaban J connectivity index is 1.60. The summed E-state index contributed by atoms with van der Waals surface area (Å²) in [6, 6.07) is 6.92. The minimum atomic E-state index is -0.831. The molecule has 0 spiro atoms. The van der Waals surface area contributed by atoms with Crippen LogP contribution in [0.25, 0.3) is 0 Å². The fraction of sp³-hybridized carbons (Fsp3) is 0.400. The molecule has 116 valence electrons. The van der Waals surface area contributed by atoms with Crippen LogP contribution < -0.4 is 15.0 Å². The summed E-state index contributed by atoms with van der Waals surface area (Å²) in [5.74, 6) is -1.20. The first-order chi connectivity index (χ1) is 10.5. The first-order valence-corrected chi connectivity index (χ1v) is 7.09. The number of hydrogen-bond acceptors (Lipinski definition) is 4. The number of ether oxygens (including phenoxy) is 1. The smallest absolute Gasteiger partial charge is 0.306 e. The molecule has 3 rings (SSSR count). The Hall–Kier alpha value is -2.57. The van der Waals surface area contributed by atoms with Gasteiger partial charge in [-0.3, -0.25) is 19.3 Å². The highest BCUT2D eigenvalue weighted by Gasteiger charge is 2.36. The van der Waals surface area contributed by atoms with Crippen molar-refractivity contribution >= 4 is 23.5 Å². The number of amides is 2. The van der Waals surface area contributed by atoms with E-state index in [9.17, 15) is 14.4 Å². The van der Waals surface area contributed by atoms with Gasteiger partial charge in [-0.25, -0.2) is 0 Å². The Kier molecular flexibility index (Phi) is 3.70. The quantitative estimate of drug-likeness (QED) is 0.839. The molecular formula is C15H16N2O5.